The van der Waals surface area contributed by atoms with Crippen LogP contribution in [0.2, 0.25) is 0 Å². The molecule has 2 aromatic rings. The molecule has 1 heterocycles. The third kappa shape index (κ3) is 1.48. The molecular formula is C22H24O. The number of rotatable bonds is 3. The number of ether oxygens (including phenoxy) is 1. The van der Waals surface area contributed by atoms with E-state index in [0.717, 1.165) is 24.0 Å². The quantitative estimate of drug-likeness (QED) is 0.730. The zero-order valence-corrected chi connectivity index (χ0v) is 13.5. The monoisotopic (exact) mass is 307 g/mol. The Balaban J connectivity index is 1.70. The summed E-state index contributed by atoms with van der Waals surface area (Å²) >= 11 is 0. The van der Waals surface area contributed by atoms with E-state index < -0.39 is 23.5 Å². The van der Waals surface area contributed by atoms with E-state index in [1.807, 2.05) is 43.3 Å². The second kappa shape index (κ2) is 4.27. The minimum Gasteiger partial charge on any atom is -0.356 e. The molecule has 3 unspecified atom stereocenters. The van der Waals surface area contributed by atoms with Crippen LogP contribution in [-0.2, 0) is 16.8 Å². The van der Waals surface area contributed by atoms with E-state index in [1.165, 1.54) is 0 Å². The highest BCUT2D eigenvalue weighted by Crippen LogP contribution is 2.82. The molecule has 23 heavy (non-hydrogen) atoms. The maximum atomic E-state index is 8.43. The molecule has 1 aliphatic heterocycles. The Morgan fingerprint density at radius 2 is 1.65 bits per heavy atom. The highest BCUT2D eigenvalue weighted by molar-refractivity contribution is 5.45. The summed E-state index contributed by atoms with van der Waals surface area (Å²) in [6.07, 6.45) is 2.71. The topological polar surface area (TPSA) is 12.5 Å². The van der Waals surface area contributed by atoms with Crippen LogP contribution in [0, 0.1) is 17.3 Å². The molecule has 0 amide bonds. The van der Waals surface area contributed by atoms with E-state index in [2.05, 4.69) is 24.3 Å². The molecule has 5 rings (SSSR count). The Hall–Kier alpha value is -1.60. The number of benzene rings is 2. The van der Waals surface area contributed by atoms with Crippen LogP contribution in [0.25, 0.3) is 0 Å². The summed E-state index contributed by atoms with van der Waals surface area (Å²) in [7, 11) is 0. The molecule has 3 fully saturated rings. The fourth-order valence-corrected chi connectivity index (χ4v) is 5.52. The van der Waals surface area contributed by atoms with Crippen LogP contribution in [0.5, 0.6) is 0 Å². The van der Waals surface area contributed by atoms with Crippen LogP contribution in [0.4, 0.5) is 0 Å². The van der Waals surface area contributed by atoms with Crippen molar-refractivity contribution in [2.24, 2.45) is 17.3 Å². The van der Waals surface area contributed by atoms with Crippen molar-refractivity contribution in [1.29, 1.82) is 0 Å². The van der Waals surface area contributed by atoms with Crippen LogP contribution in [0.15, 0.2) is 60.7 Å². The summed E-state index contributed by atoms with van der Waals surface area (Å²) in [5.74, 6) is 0.506. The molecule has 118 valence electrons. The summed E-state index contributed by atoms with van der Waals surface area (Å²) in [5.41, 5.74) is 0.380. The standard InChI is InChI=1S/C22H24O/c1-20(2)18-13-14-19(18)22(17-11-7-4-8-12-17)21(20,23-22)15-16-9-5-3-6-10-16/h3-12,18-19H,13-15H2,1-2H3/t18?,19?,21-,22?/m0/s1/i1D3/t18?,19?,20-,21-,22?. The predicted octanol–water partition coefficient (Wildman–Crippen LogP) is 4.96. The SMILES string of the molecule is [2H]C([2H])([2H])[C@]1(C)C2CCC2C2(c3ccccc3)O[C@]21Cc1ccccc1. The maximum Gasteiger partial charge on any atom is 0.127 e. The van der Waals surface area contributed by atoms with Crippen molar-refractivity contribution in [1.82, 2.24) is 0 Å². The van der Waals surface area contributed by atoms with Gasteiger partial charge < -0.3 is 4.74 Å². The molecular weight excluding hydrogens is 280 g/mol. The summed E-state index contributed by atoms with van der Waals surface area (Å²) in [5, 5.41) is 0. The molecule has 0 N–H and O–H groups in total. The molecule has 0 spiro atoms. The van der Waals surface area contributed by atoms with E-state index in [1.54, 1.807) is 0 Å². The smallest absolute Gasteiger partial charge is 0.127 e. The van der Waals surface area contributed by atoms with Gasteiger partial charge in [0.05, 0.1) is 0 Å². The number of hydrogen-bond acceptors (Lipinski definition) is 1. The molecule has 0 bridgehead atoms. The van der Waals surface area contributed by atoms with Gasteiger partial charge in [0.25, 0.3) is 0 Å². The first kappa shape index (κ1) is 11.0. The normalized spacial score (nSPS) is 45.9. The molecule has 1 saturated heterocycles. The molecule has 5 atom stereocenters. The first-order valence-electron chi connectivity index (χ1n) is 10.2. The first-order valence-corrected chi connectivity index (χ1v) is 8.66. The average Bonchev–Trinajstić information content (AvgIpc) is 3.21. The average molecular weight is 307 g/mol. The highest BCUT2D eigenvalue weighted by atomic mass is 16.6. The molecule has 2 aliphatic carbocycles. The van der Waals surface area contributed by atoms with Gasteiger partial charge in [0, 0.05) is 15.9 Å². The number of epoxide rings is 1. The molecule has 0 radical (unpaired) electrons. The van der Waals surface area contributed by atoms with E-state index in [-0.39, 0.29) is 5.92 Å². The summed E-state index contributed by atoms with van der Waals surface area (Å²) in [4.78, 5) is 0. The van der Waals surface area contributed by atoms with E-state index in [9.17, 15) is 0 Å². The van der Waals surface area contributed by atoms with E-state index in [0.29, 0.717) is 12.3 Å². The fraction of sp³-hybridized carbons (Fsp3) is 0.455. The fourth-order valence-electron chi connectivity index (χ4n) is 5.52. The van der Waals surface area contributed by atoms with Crippen molar-refractivity contribution in [3.8, 4) is 0 Å². The predicted molar refractivity (Wildman–Crippen MR) is 92.1 cm³/mol. The van der Waals surface area contributed by atoms with Crippen molar-refractivity contribution in [2.45, 2.75) is 44.2 Å². The van der Waals surface area contributed by atoms with Crippen molar-refractivity contribution < 1.29 is 8.85 Å². The lowest BCUT2D eigenvalue weighted by Gasteiger charge is -2.44. The zero-order chi connectivity index (χ0) is 18.2. The molecule has 0 aromatic heterocycles. The van der Waals surface area contributed by atoms with Crippen LogP contribution < -0.4 is 0 Å². The Kier molecular flexibility index (Phi) is 2.05. The van der Waals surface area contributed by atoms with Gasteiger partial charge in [0.15, 0.2) is 0 Å². The molecule has 1 nitrogen and oxygen atoms in total. The number of hydrogen-bond donors (Lipinski definition) is 0. The Morgan fingerprint density at radius 3 is 2.26 bits per heavy atom. The van der Waals surface area contributed by atoms with Crippen molar-refractivity contribution in [3.63, 3.8) is 0 Å². The molecule has 2 aromatic carbocycles. The Labute approximate surface area is 142 Å². The first-order chi connectivity index (χ1) is 12.4. The van der Waals surface area contributed by atoms with Crippen molar-refractivity contribution >= 4 is 0 Å². The number of fused-ring (bicyclic) bond motifs is 3. The lowest BCUT2D eigenvalue weighted by Crippen LogP contribution is -2.41. The molecule has 2 saturated carbocycles. The van der Waals surface area contributed by atoms with Gasteiger partial charge in [0.2, 0.25) is 0 Å². The van der Waals surface area contributed by atoms with Crippen LogP contribution in [-0.4, -0.2) is 5.60 Å². The second-order valence-corrected chi connectivity index (χ2v) is 7.69. The van der Waals surface area contributed by atoms with Crippen LogP contribution in [0.3, 0.4) is 0 Å². The molecule has 3 aliphatic rings. The van der Waals surface area contributed by atoms with E-state index in [4.69, 9.17) is 8.85 Å². The largest absolute Gasteiger partial charge is 0.356 e. The van der Waals surface area contributed by atoms with Gasteiger partial charge in [-0.3, -0.25) is 0 Å². The van der Waals surface area contributed by atoms with Gasteiger partial charge in [-0.2, -0.15) is 0 Å². The third-order valence-corrected chi connectivity index (χ3v) is 6.77. The van der Waals surface area contributed by atoms with Gasteiger partial charge >= 0.3 is 0 Å². The zero-order valence-electron chi connectivity index (χ0n) is 16.5. The van der Waals surface area contributed by atoms with Gasteiger partial charge in [0.1, 0.15) is 11.2 Å². The summed E-state index contributed by atoms with van der Waals surface area (Å²) in [6.45, 7) is -0.0738. The van der Waals surface area contributed by atoms with Gasteiger partial charge in [-0.25, -0.2) is 0 Å². The maximum absolute atomic E-state index is 8.43. The van der Waals surface area contributed by atoms with Gasteiger partial charge in [-0.05, 0) is 35.8 Å². The van der Waals surface area contributed by atoms with Gasteiger partial charge in [-0.1, -0.05) is 74.4 Å². The lowest BCUT2D eigenvalue weighted by molar-refractivity contribution is -0.0376. The van der Waals surface area contributed by atoms with Gasteiger partial charge in [-0.15, -0.1) is 0 Å². The molecule has 1 heteroatoms. The third-order valence-electron chi connectivity index (χ3n) is 6.77. The lowest BCUT2D eigenvalue weighted by atomic mass is 9.63. The van der Waals surface area contributed by atoms with E-state index >= 15 is 0 Å². The summed E-state index contributed by atoms with van der Waals surface area (Å²) < 4.78 is 31.9. The Morgan fingerprint density at radius 1 is 1.00 bits per heavy atom. The minimum atomic E-state index is -2.04. The summed E-state index contributed by atoms with van der Waals surface area (Å²) in [6, 6.07) is 20.6. The van der Waals surface area contributed by atoms with Crippen molar-refractivity contribution in [2.75, 3.05) is 0 Å². The van der Waals surface area contributed by atoms with Crippen molar-refractivity contribution in [3.05, 3.63) is 71.8 Å². The minimum absolute atomic E-state index is 0.202. The van der Waals surface area contributed by atoms with Crippen LogP contribution in [0.1, 0.15) is 41.9 Å². The van der Waals surface area contributed by atoms with Crippen LogP contribution >= 0.6 is 0 Å². The second-order valence-electron chi connectivity index (χ2n) is 7.69. The Bertz CT molecular complexity index is 833. The highest BCUT2D eigenvalue weighted by Gasteiger charge is 2.87.